The number of nitrogens with zero attached hydrogens (tertiary/aromatic N) is 5. The lowest BCUT2D eigenvalue weighted by Crippen LogP contribution is -2.13. The Kier molecular flexibility index (Phi) is 5.90. The van der Waals surface area contributed by atoms with Gasteiger partial charge < -0.3 is 0 Å². The van der Waals surface area contributed by atoms with Gasteiger partial charge in [0.2, 0.25) is 0 Å². The van der Waals surface area contributed by atoms with Crippen LogP contribution in [-0.4, -0.2) is 20.9 Å². The smallest absolute Gasteiger partial charge is 0.257 e. The largest absolute Gasteiger partial charge is 0.298 e. The molecule has 0 aliphatic heterocycles. The summed E-state index contributed by atoms with van der Waals surface area (Å²) < 4.78 is 0. The van der Waals surface area contributed by atoms with Gasteiger partial charge in [0.05, 0.1) is 25.0 Å². The highest BCUT2D eigenvalue weighted by Gasteiger charge is 2.18. The number of para-hydroxylation sites is 1. The molecule has 0 aliphatic rings. The summed E-state index contributed by atoms with van der Waals surface area (Å²) in [6, 6.07) is 19.0. The second kappa shape index (κ2) is 9.32. The Morgan fingerprint density at radius 1 is 0.943 bits per heavy atom. The monoisotopic (exact) mass is 492 g/mol. The number of carbonyl (C=O) groups is 1. The Bertz CT molecular complexity index is 1680. The van der Waals surface area contributed by atoms with E-state index in [1.54, 1.807) is 60.8 Å². The van der Waals surface area contributed by atoms with Crippen LogP contribution in [0.25, 0.3) is 42.6 Å². The van der Waals surface area contributed by atoms with Gasteiger partial charge in [-0.25, -0.2) is 19.7 Å². The van der Waals surface area contributed by atoms with E-state index in [2.05, 4.69) is 30.0 Å². The molecule has 166 valence electrons. The predicted molar refractivity (Wildman–Crippen MR) is 138 cm³/mol. The molecule has 3 aromatic carbocycles. The molecule has 0 unspecified atom stereocenters. The van der Waals surface area contributed by atoms with E-state index < -0.39 is 5.91 Å². The molecule has 2 heterocycles. The molecule has 2 aromatic heterocycles. The number of anilines is 1. The molecular weight excluding hydrogens is 480 g/mol. The van der Waals surface area contributed by atoms with Crippen molar-refractivity contribution in [2.24, 2.45) is 0 Å². The molecule has 7 nitrogen and oxygen atoms in total. The average molecular weight is 493 g/mol. The summed E-state index contributed by atoms with van der Waals surface area (Å²) in [6.07, 6.45) is 1.62. The third-order valence-corrected chi connectivity index (χ3v) is 6.28. The number of hydrogen-bond acceptors (Lipinski definition) is 5. The number of hydrogen-bond donors (Lipinski definition) is 1. The van der Waals surface area contributed by atoms with Crippen molar-refractivity contribution in [3.8, 4) is 22.4 Å². The Hall–Kier alpha value is -4.63. The van der Waals surface area contributed by atoms with E-state index in [0.29, 0.717) is 54.4 Å². The van der Waals surface area contributed by atoms with Gasteiger partial charge in [0.15, 0.2) is 27.0 Å². The molecule has 0 saturated heterocycles. The summed E-state index contributed by atoms with van der Waals surface area (Å²) in [7, 11) is 0. The number of nitrogens with one attached hydrogen (secondary N) is 1. The standard InChI is InChI=1S/C26H13ClN6OS/c1-28-17-11-12-19(20(13-17)18-5-3-4-6-21(18)29-2)24(34)33-26-32-23-25(35-26)31-22(14-30-23)15-7-9-16(27)10-8-15/h3-14H,(H,30,32,33,34). The van der Waals surface area contributed by atoms with E-state index in [9.17, 15) is 4.79 Å². The molecule has 0 aliphatic carbocycles. The Labute approximate surface area is 209 Å². The molecule has 0 atom stereocenters. The Balaban J connectivity index is 1.49. The van der Waals surface area contributed by atoms with Crippen molar-refractivity contribution in [1.82, 2.24) is 15.0 Å². The zero-order chi connectivity index (χ0) is 24.4. The van der Waals surface area contributed by atoms with Crippen molar-refractivity contribution in [2.75, 3.05) is 5.32 Å². The highest BCUT2D eigenvalue weighted by atomic mass is 35.5. The van der Waals surface area contributed by atoms with Gasteiger partial charge in [-0.1, -0.05) is 71.5 Å². The lowest BCUT2D eigenvalue weighted by molar-refractivity contribution is 0.102. The van der Waals surface area contributed by atoms with Crippen LogP contribution >= 0.6 is 22.9 Å². The van der Waals surface area contributed by atoms with Gasteiger partial charge in [-0.15, -0.1) is 0 Å². The maximum atomic E-state index is 13.3. The minimum Gasteiger partial charge on any atom is -0.298 e. The third kappa shape index (κ3) is 4.44. The number of fused-ring (bicyclic) bond motifs is 1. The third-order valence-electron chi connectivity index (χ3n) is 5.18. The minimum atomic E-state index is -0.409. The van der Waals surface area contributed by atoms with Gasteiger partial charge in [-0.05, 0) is 29.3 Å². The van der Waals surface area contributed by atoms with Gasteiger partial charge in [0.25, 0.3) is 5.91 Å². The average Bonchev–Trinajstić information content (AvgIpc) is 3.30. The van der Waals surface area contributed by atoms with E-state index >= 15 is 0 Å². The molecule has 5 rings (SSSR count). The van der Waals surface area contributed by atoms with E-state index in [-0.39, 0.29) is 0 Å². The van der Waals surface area contributed by atoms with Crippen LogP contribution in [0, 0.1) is 13.1 Å². The van der Waals surface area contributed by atoms with Crippen LogP contribution in [-0.2, 0) is 0 Å². The fourth-order valence-electron chi connectivity index (χ4n) is 3.52. The topological polar surface area (TPSA) is 76.5 Å². The van der Waals surface area contributed by atoms with Crippen LogP contribution in [0.4, 0.5) is 16.5 Å². The summed E-state index contributed by atoms with van der Waals surface area (Å²) >= 11 is 7.18. The quantitative estimate of drug-likeness (QED) is 0.265. The van der Waals surface area contributed by atoms with Crippen molar-refractivity contribution < 1.29 is 4.79 Å². The summed E-state index contributed by atoms with van der Waals surface area (Å²) in [5.41, 5.74) is 4.14. The zero-order valence-electron chi connectivity index (χ0n) is 17.9. The number of thiazole rings is 1. The Morgan fingerprint density at radius 3 is 2.51 bits per heavy atom. The van der Waals surface area contributed by atoms with E-state index in [4.69, 9.17) is 24.7 Å². The van der Waals surface area contributed by atoms with Crippen molar-refractivity contribution in [3.05, 3.63) is 106 Å². The molecular formula is C26H13ClN6OS. The van der Waals surface area contributed by atoms with Crippen molar-refractivity contribution in [1.29, 1.82) is 0 Å². The first-order valence-electron chi connectivity index (χ1n) is 10.2. The van der Waals surface area contributed by atoms with Crippen molar-refractivity contribution in [2.45, 2.75) is 0 Å². The van der Waals surface area contributed by atoms with Crippen molar-refractivity contribution in [3.63, 3.8) is 0 Å². The lowest BCUT2D eigenvalue weighted by Gasteiger charge is -2.11. The van der Waals surface area contributed by atoms with Gasteiger partial charge in [-0.3, -0.25) is 10.1 Å². The highest BCUT2D eigenvalue weighted by Crippen LogP contribution is 2.36. The molecule has 1 N–H and O–H groups in total. The molecule has 0 spiro atoms. The Morgan fingerprint density at radius 2 is 1.74 bits per heavy atom. The van der Waals surface area contributed by atoms with Crippen LogP contribution < -0.4 is 5.32 Å². The maximum Gasteiger partial charge on any atom is 0.257 e. The van der Waals surface area contributed by atoms with Gasteiger partial charge >= 0.3 is 0 Å². The van der Waals surface area contributed by atoms with Crippen LogP contribution in [0.5, 0.6) is 0 Å². The SMILES string of the molecule is [C-]#[N+]c1ccc(C(=O)Nc2nc3ncc(-c4ccc(Cl)cc4)nc3s2)c(-c2ccccc2[N+]#[C-])c1. The number of carbonyl (C=O) groups excluding carboxylic acids is 1. The fraction of sp³-hybridized carbons (Fsp3) is 0. The predicted octanol–water partition coefficient (Wildman–Crippen LogP) is 7.43. The van der Waals surface area contributed by atoms with Gasteiger partial charge in [-0.2, -0.15) is 4.98 Å². The number of rotatable bonds is 4. The number of amides is 1. The summed E-state index contributed by atoms with van der Waals surface area (Å²) in [5.74, 6) is -0.409. The first-order chi connectivity index (χ1) is 17.1. The zero-order valence-corrected chi connectivity index (χ0v) is 19.4. The molecule has 0 radical (unpaired) electrons. The minimum absolute atomic E-state index is 0.329. The molecule has 35 heavy (non-hydrogen) atoms. The van der Waals surface area contributed by atoms with Crippen LogP contribution in [0.1, 0.15) is 10.4 Å². The van der Waals surface area contributed by atoms with Crippen LogP contribution in [0.15, 0.2) is 72.9 Å². The lowest BCUT2D eigenvalue weighted by atomic mass is 9.97. The summed E-state index contributed by atoms with van der Waals surface area (Å²) in [4.78, 5) is 34.2. The molecule has 1 amide bonds. The first-order valence-corrected chi connectivity index (χ1v) is 11.4. The maximum absolute atomic E-state index is 13.3. The molecule has 0 fully saturated rings. The number of aromatic nitrogens is 3. The second-order valence-electron chi connectivity index (χ2n) is 7.33. The van der Waals surface area contributed by atoms with E-state index in [0.717, 1.165) is 5.56 Å². The van der Waals surface area contributed by atoms with E-state index in [1.807, 2.05) is 12.1 Å². The molecule has 9 heteroatoms. The van der Waals surface area contributed by atoms with Crippen LogP contribution in [0.2, 0.25) is 5.02 Å². The van der Waals surface area contributed by atoms with Gasteiger partial charge in [0.1, 0.15) is 0 Å². The number of halogens is 1. The number of benzene rings is 3. The van der Waals surface area contributed by atoms with Crippen LogP contribution in [0.3, 0.4) is 0 Å². The van der Waals surface area contributed by atoms with Crippen molar-refractivity contribution >= 4 is 55.8 Å². The van der Waals surface area contributed by atoms with E-state index in [1.165, 1.54) is 11.3 Å². The van der Waals surface area contributed by atoms with Gasteiger partial charge in [0, 0.05) is 16.1 Å². The molecule has 5 aromatic rings. The fourth-order valence-corrected chi connectivity index (χ4v) is 4.44. The second-order valence-corrected chi connectivity index (χ2v) is 8.75. The molecule has 0 saturated carbocycles. The summed E-state index contributed by atoms with van der Waals surface area (Å²) in [6.45, 7) is 14.8. The first kappa shape index (κ1) is 22.2. The normalized spacial score (nSPS) is 10.5. The molecule has 0 bridgehead atoms. The summed E-state index contributed by atoms with van der Waals surface area (Å²) in [5, 5.41) is 3.79. The highest BCUT2D eigenvalue weighted by molar-refractivity contribution is 7.21.